The summed E-state index contributed by atoms with van der Waals surface area (Å²) in [5.74, 6) is -0.00347. The molecule has 0 unspecified atom stereocenters. The van der Waals surface area contributed by atoms with Crippen molar-refractivity contribution in [3.63, 3.8) is 0 Å². The Morgan fingerprint density at radius 1 is 1.75 bits per heavy atom. The van der Waals surface area contributed by atoms with Gasteiger partial charge in [-0.3, -0.25) is 4.79 Å². The molecule has 0 aromatic carbocycles. The molecule has 1 fully saturated rings. The van der Waals surface area contributed by atoms with E-state index in [4.69, 9.17) is 5.73 Å². The average molecular weight is 114 g/mol. The minimum atomic E-state index is -0.247. The van der Waals surface area contributed by atoms with Crippen LogP contribution in [0.3, 0.4) is 0 Å². The second-order valence-corrected chi connectivity index (χ2v) is 2.04. The summed E-state index contributed by atoms with van der Waals surface area (Å²) < 4.78 is 0. The van der Waals surface area contributed by atoms with Crippen molar-refractivity contribution in [1.29, 1.82) is 0 Å². The van der Waals surface area contributed by atoms with Gasteiger partial charge < -0.3 is 11.1 Å². The van der Waals surface area contributed by atoms with Gasteiger partial charge in [-0.1, -0.05) is 0 Å². The van der Waals surface area contributed by atoms with Crippen LogP contribution in [0, 0.1) is 0 Å². The summed E-state index contributed by atoms with van der Waals surface area (Å²) in [5.41, 5.74) is 5.37. The highest BCUT2D eigenvalue weighted by molar-refractivity contribution is 5.81. The van der Waals surface area contributed by atoms with Crippen LogP contribution in [0.4, 0.5) is 0 Å². The van der Waals surface area contributed by atoms with Crippen molar-refractivity contribution in [2.75, 3.05) is 6.54 Å². The summed E-state index contributed by atoms with van der Waals surface area (Å²) in [4.78, 5) is 10.6. The molecule has 0 spiro atoms. The Hall–Kier alpha value is -0.570. The minimum Gasteiger partial charge on any atom is -0.355 e. The molecule has 0 aliphatic carbocycles. The molecule has 1 atom stereocenters. The molecule has 0 bridgehead atoms. The second kappa shape index (κ2) is 2.13. The second-order valence-electron chi connectivity index (χ2n) is 2.04. The van der Waals surface area contributed by atoms with E-state index in [1.807, 2.05) is 0 Å². The molecule has 8 heavy (non-hydrogen) atoms. The summed E-state index contributed by atoms with van der Waals surface area (Å²) in [7, 11) is 0. The summed E-state index contributed by atoms with van der Waals surface area (Å²) in [6.45, 7) is 0.798. The summed E-state index contributed by atoms with van der Waals surface area (Å²) in [5, 5.41) is 2.67. The molecule has 3 heteroatoms. The van der Waals surface area contributed by atoms with Gasteiger partial charge in [-0.25, -0.2) is 0 Å². The number of carbonyl (C=O) groups is 1. The van der Waals surface area contributed by atoms with Crippen LogP contribution in [-0.4, -0.2) is 18.5 Å². The monoisotopic (exact) mass is 114 g/mol. The van der Waals surface area contributed by atoms with Gasteiger partial charge in [-0.05, 0) is 12.8 Å². The zero-order valence-corrected chi connectivity index (χ0v) is 4.68. The fourth-order valence-electron chi connectivity index (χ4n) is 0.796. The van der Waals surface area contributed by atoms with E-state index in [1.54, 1.807) is 0 Å². The number of hydrogen-bond donors (Lipinski definition) is 2. The van der Waals surface area contributed by atoms with Crippen LogP contribution in [-0.2, 0) is 4.79 Å². The van der Waals surface area contributed by atoms with Gasteiger partial charge >= 0.3 is 0 Å². The zero-order chi connectivity index (χ0) is 5.98. The normalized spacial score (nSPS) is 29.6. The van der Waals surface area contributed by atoms with Gasteiger partial charge in [0.2, 0.25) is 5.91 Å². The van der Waals surface area contributed by atoms with Crippen LogP contribution < -0.4 is 11.1 Å². The van der Waals surface area contributed by atoms with E-state index in [-0.39, 0.29) is 11.9 Å². The summed E-state index contributed by atoms with van der Waals surface area (Å²) in [6.07, 6.45) is 1.86. The van der Waals surface area contributed by atoms with Gasteiger partial charge in [0.25, 0.3) is 0 Å². The Labute approximate surface area is 48.2 Å². The van der Waals surface area contributed by atoms with E-state index in [2.05, 4.69) is 5.32 Å². The maximum absolute atomic E-state index is 10.6. The van der Waals surface area contributed by atoms with E-state index >= 15 is 0 Å². The lowest BCUT2D eigenvalue weighted by Crippen LogP contribution is -2.45. The van der Waals surface area contributed by atoms with Crippen LogP contribution in [0.15, 0.2) is 0 Å². The maximum atomic E-state index is 10.6. The third-order valence-electron chi connectivity index (χ3n) is 1.33. The Kier molecular flexibility index (Phi) is 1.48. The van der Waals surface area contributed by atoms with Crippen molar-refractivity contribution in [3.8, 4) is 0 Å². The third-order valence-corrected chi connectivity index (χ3v) is 1.33. The number of carbonyl (C=O) groups excluding carboxylic acids is 1. The van der Waals surface area contributed by atoms with Gasteiger partial charge in [0.1, 0.15) is 0 Å². The Morgan fingerprint density at radius 3 is 2.88 bits per heavy atom. The first-order valence-electron chi connectivity index (χ1n) is 2.84. The first-order chi connectivity index (χ1) is 3.80. The number of hydrogen-bond acceptors (Lipinski definition) is 2. The number of piperidine rings is 1. The lowest BCUT2D eigenvalue weighted by Gasteiger charge is -2.16. The lowest BCUT2D eigenvalue weighted by atomic mass is 10.1. The van der Waals surface area contributed by atoms with Crippen LogP contribution in [0.25, 0.3) is 0 Å². The topological polar surface area (TPSA) is 55.1 Å². The molecule has 1 aliphatic rings. The standard InChI is InChI=1S/C5H10N2O/c6-4-2-1-3-7-5(4)8/h4H,1-3,6H2,(H,7,8)/t4-/m0/s1. The Bertz CT molecular complexity index is 103. The van der Waals surface area contributed by atoms with Crippen molar-refractivity contribution >= 4 is 5.91 Å². The first kappa shape index (κ1) is 5.56. The molecule has 1 rings (SSSR count). The van der Waals surface area contributed by atoms with Crippen molar-refractivity contribution in [1.82, 2.24) is 5.32 Å². The third kappa shape index (κ3) is 0.980. The molecule has 3 nitrogen and oxygen atoms in total. The van der Waals surface area contributed by atoms with Crippen LogP contribution in [0.1, 0.15) is 12.8 Å². The molecule has 0 aromatic rings. The highest BCUT2D eigenvalue weighted by Crippen LogP contribution is 1.98. The molecular formula is C5H10N2O. The fourth-order valence-corrected chi connectivity index (χ4v) is 0.796. The van der Waals surface area contributed by atoms with Gasteiger partial charge in [0.15, 0.2) is 0 Å². The van der Waals surface area contributed by atoms with Crippen molar-refractivity contribution in [2.24, 2.45) is 5.73 Å². The summed E-state index contributed by atoms with van der Waals surface area (Å²) >= 11 is 0. The van der Waals surface area contributed by atoms with E-state index in [0.717, 1.165) is 19.4 Å². The largest absolute Gasteiger partial charge is 0.355 e. The Morgan fingerprint density at radius 2 is 2.50 bits per heavy atom. The van der Waals surface area contributed by atoms with Crippen LogP contribution in [0.5, 0.6) is 0 Å². The lowest BCUT2D eigenvalue weighted by molar-refractivity contribution is -0.123. The number of rotatable bonds is 0. The average Bonchev–Trinajstić information content (AvgIpc) is 1.77. The van der Waals surface area contributed by atoms with Crippen LogP contribution >= 0.6 is 0 Å². The maximum Gasteiger partial charge on any atom is 0.236 e. The molecule has 0 aromatic heterocycles. The molecule has 1 saturated heterocycles. The molecule has 1 heterocycles. The highest BCUT2D eigenvalue weighted by Gasteiger charge is 2.15. The molecule has 3 N–H and O–H groups in total. The molecule has 1 amide bonds. The molecule has 0 radical (unpaired) electrons. The molecule has 0 saturated carbocycles. The summed E-state index contributed by atoms with van der Waals surface area (Å²) in [6, 6.07) is -0.247. The predicted molar refractivity (Wildman–Crippen MR) is 30.2 cm³/mol. The van der Waals surface area contributed by atoms with Gasteiger partial charge in [0, 0.05) is 6.54 Å². The minimum absolute atomic E-state index is 0.00347. The van der Waals surface area contributed by atoms with E-state index in [0.29, 0.717) is 0 Å². The Balaban J connectivity index is 2.39. The first-order valence-corrected chi connectivity index (χ1v) is 2.84. The molecule has 46 valence electrons. The molecule has 1 aliphatic heterocycles. The fraction of sp³-hybridized carbons (Fsp3) is 0.800. The van der Waals surface area contributed by atoms with Gasteiger partial charge in [-0.15, -0.1) is 0 Å². The van der Waals surface area contributed by atoms with Gasteiger partial charge in [0.05, 0.1) is 6.04 Å². The van der Waals surface area contributed by atoms with E-state index in [9.17, 15) is 4.79 Å². The quantitative estimate of drug-likeness (QED) is 0.434. The van der Waals surface area contributed by atoms with E-state index in [1.165, 1.54) is 0 Å². The number of nitrogens with two attached hydrogens (primary N) is 1. The SMILES string of the molecule is N[C@H]1CCCNC1=O. The van der Waals surface area contributed by atoms with Crippen LogP contribution in [0.2, 0.25) is 0 Å². The molecular weight excluding hydrogens is 104 g/mol. The number of nitrogens with one attached hydrogen (secondary N) is 1. The van der Waals surface area contributed by atoms with Crippen molar-refractivity contribution in [2.45, 2.75) is 18.9 Å². The number of amides is 1. The van der Waals surface area contributed by atoms with Gasteiger partial charge in [-0.2, -0.15) is 0 Å². The van der Waals surface area contributed by atoms with Crippen molar-refractivity contribution < 1.29 is 4.79 Å². The van der Waals surface area contributed by atoms with E-state index < -0.39 is 0 Å². The highest BCUT2D eigenvalue weighted by atomic mass is 16.2. The van der Waals surface area contributed by atoms with Crippen molar-refractivity contribution in [3.05, 3.63) is 0 Å². The zero-order valence-electron chi connectivity index (χ0n) is 4.68. The predicted octanol–water partition coefficient (Wildman–Crippen LogP) is -0.776. The smallest absolute Gasteiger partial charge is 0.236 e.